The number of pyridine rings is 1. The Hall–Kier alpha value is -2.90. The maximum atomic E-state index is 4.82. The molecule has 28 heavy (non-hydrogen) atoms. The molecular formula is C20H30N8. The molecule has 1 aliphatic heterocycles. The number of nitrogens with one attached hydrogen (secondary N) is 2. The summed E-state index contributed by atoms with van der Waals surface area (Å²) in [6, 6.07) is 7.75. The van der Waals surface area contributed by atoms with Crippen LogP contribution in [-0.2, 0) is 0 Å². The van der Waals surface area contributed by atoms with Gasteiger partial charge in [-0.1, -0.05) is 6.07 Å². The van der Waals surface area contributed by atoms with Gasteiger partial charge in [0.1, 0.15) is 5.82 Å². The Bertz CT molecular complexity index is 699. The van der Waals surface area contributed by atoms with Crippen molar-refractivity contribution in [3.8, 4) is 0 Å². The number of nitrogens with zero attached hydrogens (tertiary/aromatic N) is 6. The van der Waals surface area contributed by atoms with Crippen LogP contribution in [0.25, 0.3) is 0 Å². The summed E-state index contributed by atoms with van der Waals surface area (Å²) >= 11 is 0. The van der Waals surface area contributed by atoms with Gasteiger partial charge in [-0.05, 0) is 38.0 Å². The van der Waals surface area contributed by atoms with E-state index >= 15 is 0 Å². The van der Waals surface area contributed by atoms with Gasteiger partial charge < -0.3 is 20.4 Å². The lowest BCUT2D eigenvalue weighted by atomic mass is 10.3. The first-order chi connectivity index (χ1) is 13.9. The van der Waals surface area contributed by atoms with E-state index in [4.69, 9.17) is 4.99 Å². The molecule has 0 amide bonds. The van der Waals surface area contributed by atoms with Gasteiger partial charge in [-0.2, -0.15) is 0 Å². The van der Waals surface area contributed by atoms with E-state index < -0.39 is 0 Å². The zero-order chi connectivity index (χ0) is 19.4. The molecule has 0 radical (unpaired) electrons. The third-order valence-electron chi connectivity index (χ3n) is 4.57. The molecule has 1 saturated heterocycles. The van der Waals surface area contributed by atoms with Crippen LogP contribution >= 0.6 is 0 Å². The molecule has 2 aromatic rings. The van der Waals surface area contributed by atoms with E-state index in [9.17, 15) is 0 Å². The Morgan fingerprint density at radius 2 is 1.79 bits per heavy atom. The Morgan fingerprint density at radius 3 is 2.50 bits per heavy atom. The number of piperazine rings is 1. The van der Waals surface area contributed by atoms with Crippen molar-refractivity contribution in [3.63, 3.8) is 0 Å². The van der Waals surface area contributed by atoms with Crippen LogP contribution in [0.4, 0.5) is 11.8 Å². The molecule has 3 rings (SSSR count). The van der Waals surface area contributed by atoms with Gasteiger partial charge in [0.2, 0.25) is 5.95 Å². The highest BCUT2D eigenvalue weighted by Gasteiger charge is 2.20. The van der Waals surface area contributed by atoms with Crippen LogP contribution in [0.5, 0.6) is 0 Å². The maximum absolute atomic E-state index is 4.82. The lowest BCUT2D eigenvalue weighted by Crippen LogP contribution is -2.53. The minimum absolute atomic E-state index is 0.810. The number of hydrogen-bond acceptors (Lipinski definition) is 6. The van der Waals surface area contributed by atoms with Crippen LogP contribution in [0.2, 0.25) is 0 Å². The fourth-order valence-corrected chi connectivity index (χ4v) is 3.10. The van der Waals surface area contributed by atoms with Crippen LogP contribution in [0, 0.1) is 0 Å². The third kappa shape index (κ3) is 6.07. The molecule has 8 heteroatoms. The summed E-state index contributed by atoms with van der Waals surface area (Å²) in [6.07, 6.45) is 7.51. The second-order valence-corrected chi connectivity index (χ2v) is 6.61. The lowest BCUT2D eigenvalue weighted by Gasteiger charge is -2.36. The Labute approximate surface area is 167 Å². The van der Waals surface area contributed by atoms with Crippen molar-refractivity contribution in [3.05, 3.63) is 42.9 Å². The molecule has 1 fully saturated rings. The first kappa shape index (κ1) is 19.9. The van der Waals surface area contributed by atoms with E-state index in [1.165, 1.54) is 0 Å². The van der Waals surface area contributed by atoms with Crippen molar-refractivity contribution in [1.29, 1.82) is 0 Å². The summed E-state index contributed by atoms with van der Waals surface area (Å²) < 4.78 is 0. The zero-order valence-corrected chi connectivity index (χ0v) is 16.6. The number of aliphatic imine (C=N–C) groups is 1. The van der Waals surface area contributed by atoms with Crippen molar-refractivity contribution < 1.29 is 0 Å². The number of rotatable bonds is 8. The van der Waals surface area contributed by atoms with Gasteiger partial charge >= 0.3 is 0 Å². The molecule has 0 bridgehead atoms. The van der Waals surface area contributed by atoms with Crippen molar-refractivity contribution in [1.82, 2.24) is 25.2 Å². The van der Waals surface area contributed by atoms with Crippen molar-refractivity contribution in [2.24, 2.45) is 4.99 Å². The van der Waals surface area contributed by atoms with Gasteiger partial charge in [-0.25, -0.2) is 15.0 Å². The monoisotopic (exact) mass is 382 g/mol. The molecule has 0 atom stereocenters. The van der Waals surface area contributed by atoms with E-state index in [1.807, 2.05) is 24.3 Å². The van der Waals surface area contributed by atoms with Crippen molar-refractivity contribution in [2.45, 2.75) is 19.8 Å². The standard InChI is InChI=1S/C20H30N8/c1-2-21-19(24-11-6-5-10-23-18-8-3-4-9-22-18)27-14-16-28(17-15-27)20-25-12-7-13-26-20/h3-4,7-9,12-13H,2,5-6,10-11,14-17H2,1H3,(H,21,24)(H,22,23). The SMILES string of the molecule is CCNC(=NCCCCNc1ccccn1)N1CCN(c2ncccn2)CC1. The van der Waals surface area contributed by atoms with E-state index in [0.29, 0.717) is 0 Å². The van der Waals surface area contributed by atoms with Gasteiger partial charge in [0.05, 0.1) is 0 Å². The fraction of sp³-hybridized carbons (Fsp3) is 0.500. The normalized spacial score (nSPS) is 14.8. The average Bonchev–Trinajstić information content (AvgIpc) is 2.77. The molecule has 3 heterocycles. The summed E-state index contributed by atoms with van der Waals surface area (Å²) in [5.74, 6) is 2.75. The minimum atomic E-state index is 0.810. The molecule has 0 aromatic carbocycles. The van der Waals surface area contributed by atoms with Gasteiger partial charge in [0, 0.05) is 64.4 Å². The van der Waals surface area contributed by atoms with Crippen LogP contribution in [0.3, 0.4) is 0 Å². The molecule has 0 unspecified atom stereocenters. The van der Waals surface area contributed by atoms with Crippen molar-refractivity contribution >= 4 is 17.7 Å². The maximum Gasteiger partial charge on any atom is 0.225 e. The lowest BCUT2D eigenvalue weighted by molar-refractivity contribution is 0.370. The predicted octanol–water partition coefficient (Wildman–Crippen LogP) is 1.85. The second kappa shape index (κ2) is 11.1. The second-order valence-electron chi connectivity index (χ2n) is 6.61. The number of unbranched alkanes of at least 4 members (excludes halogenated alkanes) is 1. The van der Waals surface area contributed by atoms with Crippen LogP contribution in [0.1, 0.15) is 19.8 Å². The largest absolute Gasteiger partial charge is 0.370 e. The molecule has 0 aliphatic carbocycles. The van der Waals surface area contributed by atoms with Crippen LogP contribution < -0.4 is 15.5 Å². The van der Waals surface area contributed by atoms with Crippen LogP contribution in [0.15, 0.2) is 47.8 Å². The average molecular weight is 383 g/mol. The predicted molar refractivity (Wildman–Crippen MR) is 114 cm³/mol. The molecule has 150 valence electrons. The van der Waals surface area contributed by atoms with Gasteiger partial charge in [-0.15, -0.1) is 0 Å². The van der Waals surface area contributed by atoms with E-state index in [0.717, 1.165) is 76.4 Å². The van der Waals surface area contributed by atoms with Crippen LogP contribution in [-0.4, -0.2) is 71.6 Å². The zero-order valence-electron chi connectivity index (χ0n) is 16.6. The van der Waals surface area contributed by atoms with Crippen molar-refractivity contribution in [2.75, 3.05) is 56.0 Å². The van der Waals surface area contributed by atoms with Gasteiger partial charge in [0.25, 0.3) is 0 Å². The number of aromatic nitrogens is 3. The summed E-state index contributed by atoms with van der Waals surface area (Å²) in [6.45, 7) is 8.39. The Balaban J connectivity index is 1.40. The van der Waals surface area contributed by atoms with E-state index in [1.54, 1.807) is 18.6 Å². The molecule has 2 aromatic heterocycles. The van der Waals surface area contributed by atoms with Gasteiger partial charge in [-0.3, -0.25) is 4.99 Å². The molecule has 2 N–H and O–H groups in total. The molecule has 0 spiro atoms. The van der Waals surface area contributed by atoms with E-state index in [-0.39, 0.29) is 0 Å². The molecule has 8 nitrogen and oxygen atoms in total. The highest BCUT2D eigenvalue weighted by atomic mass is 15.4. The minimum Gasteiger partial charge on any atom is -0.370 e. The third-order valence-corrected chi connectivity index (χ3v) is 4.57. The summed E-state index contributed by atoms with van der Waals surface area (Å²) in [5, 5.41) is 6.76. The number of anilines is 2. The van der Waals surface area contributed by atoms with Gasteiger partial charge in [0.15, 0.2) is 5.96 Å². The fourth-order valence-electron chi connectivity index (χ4n) is 3.10. The number of hydrogen-bond donors (Lipinski definition) is 2. The smallest absolute Gasteiger partial charge is 0.225 e. The van der Waals surface area contributed by atoms with E-state index in [2.05, 4.69) is 42.3 Å². The summed E-state index contributed by atoms with van der Waals surface area (Å²) in [7, 11) is 0. The first-order valence-electron chi connectivity index (χ1n) is 10.1. The highest BCUT2D eigenvalue weighted by Crippen LogP contribution is 2.10. The molecule has 0 saturated carbocycles. The molecule has 1 aliphatic rings. The summed E-state index contributed by atoms with van der Waals surface area (Å²) in [4.78, 5) is 22.3. The summed E-state index contributed by atoms with van der Waals surface area (Å²) in [5.41, 5.74) is 0. The molecular weight excluding hydrogens is 352 g/mol. The Morgan fingerprint density at radius 1 is 1.00 bits per heavy atom. The topological polar surface area (TPSA) is 81.6 Å². The Kier molecular flexibility index (Phi) is 7.84. The quantitative estimate of drug-likeness (QED) is 0.410. The number of guanidine groups is 1. The highest BCUT2D eigenvalue weighted by molar-refractivity contribution is 5.80. The first-order valence-corrected chi connectivity index (χ1v) is 10.1.